The van der Waals surface area contributed by atoms with Gasteiger partial charge in [-0.05, 0) is 55.5 Å². The van der Waals surface area contributed by atoms with Crippen LogP contribution in [0.1, 0.15) is 15.9 Å². The Hall–Kier alpha value is -4.06. The minimum atomic E-state index is -0.490. The predicted octanol–water partition coefficient (Wildman–Crippen LogP) is 5.12. The van der Waals surface area contributed by atoms with Crippen molar-refractivity contribution < 1.29 is 23.4 Å². The number of benzene rings is 3. The molecule has 6 nitrogen and oxygen atoms in total. The van der Waals surface area contributed by atoms with Crippen LogP contribution in [0.15, 0.2) is 82.2 Å². The number of hydrogen-bond donors (Lipinski definition) is 0. The highest BCUT2D eigenvalue weighted by Crippen LogP contribution is 2.25. The van der Waals surface area contributed by atoms with Gasteiger partial charge in [-0.15, -0.1) is 0 Å². The summed E-state index contributed by atoms with van der Waals surface area (Å²) in [7, 11) is 1.57. The third-order valence-corrected chi connectivity index (χ3v) is 4.50. The van der Waals surface area contributed by atoms with E-state index in [2.05, 4.69) is 0 Å². The van der Waals surface area contributed by atoms with Gasteiger partial charge in [0.05, 0.1) is 18.1 Å². The van der Waals surface area contributed by atoms with Crippen molar-refractivity contribution in [3.05, 3.63) is 94.3 Å². The molecule has 0 radical (unpaired) electrons. The molecule has 6 heteroatoms. The number of hydrogen-bond acceptors (Lipinski definition) is 6. The van der Waals surface area contributed by atoms with Gasteiger partial charge >= 0.3 is 5.97 Å². The van der Waals surface area contributed by atoms with Crippen molar-refractivity contribution in [3.8, 4) is 23.0 Å². The molecule has 0 aliphatic carbocycles. The minimum Gasteiger partial charge on any atom is -0.497 e. The van der Waals surface area contributed by atoms with Gasteiger partial charge in [0.2, 0.25) is 11.2 Å². The van der Waals surface area contributed by atoms with Crippen molar-refractivity contribution in [3.63, 3.8) is 0 Å². The Kier molecular flexibility index (Phi) is 5.22. The lowest BCUT2D eigenvalue weighted by Gasteiger charge is -2.08. The Morgan fingerprint density at radius 3 is 2.23 bits per heavy atom. The third kappa shape index (κ3) is 4.03. The number of fused-ring (bicyclic) bond motifs is 1. The highest BCUT2D eigenvalue weighted by molar-refractivity contribution is 5.91. The molecule has 0 unspecified atom stereocenters. The number of ether oxygens (including phenoxy) is 3. The first-order chi connectivity index (χ1) is 14.5. The van der Waals surface area contributed by atoms with Crippen LogP contribution in [0, 0.1) is 6.92 Å². The van der Waals surface area contributed by atoms with Gasteiger partial charge < -0.3 is 18.6 Å². The second-order valence-corrected chi connectivity index (χ2v) is 6.62. The Balaban J connectivity index is 1.56. The summed E-state index contributed by atoms with van der Waals surface area (Å²) >= 11 is 0. The summed E-state index contributed by atoms with van der Waals surface area (Å²) in [5.41, 5.74) is 1.44. The van der Waals surface area contributed by atoms with Gasteiger partial charge in [0.25, 0.3) is 0 Å². The van der Waals surface area contributed by atoms with Crippen molar-refractivity contribution in [1.82, 2.24) is 0 Å². The summed E-state index contributed by atoms with van der Waals surface area (Å²) < 4.78 is 21.7. The molecule has 30 heavy (non-hydrogen) atoms. The number of aryl methyl sites for hydroxylation is 1. The maximum atomic E-state index is 12.7. The van der Waals surface area contributed by atoms with Crippen molar-refractivity contribution >= 4 is 16.9 Å². The standard InChI is InChI=1S/C24H18O6/c1-15-3-5-16(6-4-15)24(26)30-19-11-12-20-21(13-19)28-14-22(23(20)25)29-18-9-7-17(27-2)8-10-18/h3-14H,1-2H3. The monoisotopic (exact) mass is 402 g/mol. The Morgan fingerprint density at radius 2 is 1.53 bits per heavy atom. The average molecular weight is 402 g/mol. The highest BCUT2D eigenvalue weighted by Gasteiger charge is 2.13. The first-order valence-corrected chi connectivity index (χ1v) is 9.20. The molecule has 150 valence electrons. The second-order valence-electron chi connectivity index (χ2n) is 6.62. The smallest absolute Gasteiger partial charge is 0.343 e. The van der Waals surface area contributed by atoms with Gasteiger partial charge in [-0.2, -0.15) is 0 Å². The van der Waals surface area contributed by atoms with Crippen LogP contribution < -0.4 is 19.6 Å². The van der Waals surface area contributed by atoms with E-state index in [0.717, 1.165) is 5.56 Å². The number of carbonyl (C=O) groups is 1. The number of carbonyl (C=O) groups excluding carboxylic acids is 1. The fraction of sp³-hybridized carbons (Fsp3) is 0.0833. The zero-order chi connectivity index (χ0) is 21.1. The number of rotatable bonds is 5. The minimum absolute atomic E-state index is 0.0528. The quantitative estimate of drug-likeness (QED) is 0.341. The van der Waals surface area contributed by atoms with E-state index in [1.807, 2.05) is 19.1 Å². The number of methoxy groups -OCH3 is 1. The Bertz CT molecular complexity index is 1250. The van der Waals surface area contributed by atoms with Crippen LogP contribution >= 0.6 is 0 Å². The lowest BCUT2D eigenvalue weighted by molar-refractivity contribution is 0.0735. The van der Waals surface area contributed by atoms with E-state index in [1.54, 1.807) is 55.6 Å². The molecular formula is C24H18O6. The fourth-order valence-corrected chi connectivity index (χ4v) is 2.85. The topological polar surface area (TPSA) is 75.0 Å². The maximum Gasteiger partial charge on any atom is 0.343 e. The van der Waals surface area contributed by atoms with Crippen molar-refractivity contribution in [2.75, 3.05) is 7.11 Å². The van der Waals surface area contributed by atoms with Gasteiger partial charge in [0, 0.05) is 6.07 Å². The van der Waals surface area contributed by atoms with E-state index >= 15 is 0 Å². The van der Waals surface area contributed by atoms with E-state index in [1.165, 1.54) is 12.3 Å². The van der Waals surface area contributed by atoms with Gasteiger partial charge in [-0.3, -0.25) is 4.79 Å². The summed E-state index contributed by atoms with van der Waals surface area (Å²) in [6.45, 7) is 1.94. The summed E-state index contributed by atoms with van der Waals surface area (Å²) in [6, 6.07) is 18.5. The largest absolute Gasteiger partial charge is 0.497 e. The molecule has 0 aliphatic heterocycles. The van der Waals surface area contributed by atoms with E-state index in [9.17, 15) is 9.59 Å². The number of esters is 1. The van der Waals surface area contributed by atoms with E-state index in [4.69, 9.17) is 18.6 Å². The lowest BCUT2D eigenvalue weighted by Crippen LogP contribution is -2.09. The lowest BCUT2D eigenvalue weighted by atomic mass is 10.1. The van der Waals surface area contributed by atoms with Crippen LogP contribution in [-0.4, -0.2) is 13.1 Å². The SMILES string of the molecule is COc1ccc(Oc2coc3cc(OC(=O)c4ccc(C)cc4)ccc3c2=O)cc1. The predicted molar refractivity (Wildman–Crippen MR) is 112 cm³/mol. The molecule has 0 N–H and O–H groups in total. The van der Waals surface area contributed by atoms with E-state index in [0.29, 0.717) is 22.4 Å². The summed E-state index contributed by atoms with van der Waals surface area (Å²) in [5, 5.41) is 0.316. The fourth-order valence-electron chi connectivity index (χ4n) is 2.85. The molecular weight excluding hydrogens is 384 g/mol. The molecule has 3 aromatic carbocycles. The molecule has 0 saturated heterocycles. The first kappa shape index (κ1) is 19.3. The van der Waals surface area contributed by atoms with Gasteiger partial charge in [-0.1, -0.05) is 17.7 Å². The molecule has 0 spiro atoms. The van der Waals surface area contributed by atoms with Crippen molar-refractivity contribution in [1.29, 1.82) is 0 Å². The molecule has 4 aromatic rings. The average Bonchev–Trinajstić information content (AvgIpc) is 2.76. The zero-order valence-electron chi connectivity index (χ0n) is 16.4. The summed E-state index contributed by atoms with van der Waals surface area (Å²) in [4.78, 5) is 25.0. The third-order valence-electron chi connectivity index (χ3n) is 4.50. The maximum absolute atomic E-state index is 12.7. The normalized spacial score (nSPS) is 10.6. The molecule has 0 atom stereocenters. The van der Waals surface area contributed by atoms with Gasteiger partial charge in [0.15, 0.2) is 0 Å². The van der Waals surface area contributed by atoms with Gasteiger partial charge in [-0.25, -0.2) is 4.79 Å². The van der Waals surface area contributed by atoms with Crippen LogP contribution in [0.2, 0.25) is 0 Å². The van der Waals surface area contributed by atoms with Crippen LogP contribution in [0.25, 0.3) is 11.0 Å². The van der Waals surface area contributed by atoms with Crippen LogP contribution in [0.4, 0.5) is 0 Å². The summed E-state index contributed by atoms with van der Waals surface area (Å²) in [5.74, 6) is 1.000. The molecule has 0 saturated carbocycles. The Labute approximate surface area is 172 Å². The molecule has 4 rings (SSSR count). The molecule has 1 aromatic heterocycles. The zero-order valence-corrected chi connectivity index (χ0v) is 16.4. The van der Waals surface area contributed by atoms with Crippen molar-refractivity contribution in [2.45, 2.75) is 6.92 Å². The van der Waals surface area contributed by atoms with E-state index in [-0.39, 0.29) is 22.5 Å². The second kappa shape index (κ2) is 8.13. The molecule has 0 amide bonds. The Morgan fingerprint density at radius 1 is 0.867 bits per heavy atom. The van der Waals surface area contributed by atoms with Crippen molar-refractivity contribution in [2.24, 2.45) is 0 Å². The highest BCUT2D eigenvalue weighted by atomic mass is 16.5. The van der Waals surface area contributed by atoms with Crippen LogP contribution in [0.3, 0.4) is 0 Å². The summed E-state index contributed by atoms with van der Waals surface area (Å²) in [6.07, 6.45) is 1.24. The first-order valence-electron chi connectivity index (χ1n) is 9.20. The molecule has 1 heterocycles. The van der Waals surface area contributed by atoms with E-state index < -0.39 is 5.97 Å². The molecule has 0 fully saturated rings. The molecule has 0 bridgehead atoms. The molecule has 0 aliphatic rings. The van der Waals surface area contributed by atoms with Crippen LogP contribution in [-0.2, 0) is 0 Å². The van der Waals surface area contributed by atoms with Crippen LogP contribution in [0.5, 0.6) is 23.0 Å². The van der Waals surface area contributed by atoms with Gasteiger partial charge in [0.1, 0.15) is 29.1 Å².